The molecule has 1 aliphatic rings. The molecule has 1 unspecified atom stereocenters. The van der Waals surface area contributed by atoms with Gasteiger partial charge in [0.25, 0.3) is 0 Å². The lowest BCUT2D eigenvalue weighted by Crippen LogP contribution is -2.44. The van der Waals surface area contributed by atoms with Gasteiger partial charge in [-0.2, -0.15) is 0 Å². The van der Waals surface area contributed by atoms with E-state index in [0.29, 0.717) is 6.04 Å². The molecular weight excluding hydrogens is 246 g/mol. The van der Waals surface area contributed by atoms with E-state index in [0.717, 1.165) is 25.0 Å². The molecule has 2 heterocycles. The van der Waals surface area contributed by atoms with Gasteiger partial charge in [-0.15, -0.1) is 0 Å². The first kappa shape index (κ1) is 13.6. The molecule has 1 aliphatic heterocycles. The molecule has 1 aromatic heterocycles. The van der Waals surface area contributed by atoms with Crippen LogP contribution in [0.4, 0.5) is 0 Å². The Morgan fingerprint density at radius 3 is 2.80 bits per heavy atom. The zero-order valence-corrected chi connectivity index (χ0v) is 12.8. The Morgan fingerprint density at radius 1 is 1.35 bits per heavy atom. The topological polar surface area (TPSA) is 29.9 Å². The Bertz CT molecular complexity index is 591. The third kappa shape index (κ3) is 2.05. The number of hydrogen-bond donors (Lipinski definition) is 1. The fraction of sp³-hybridized carbons (Fsp3) is 0.588. The number of imidazole rings is 1. The molecule has 2 aromatic rings. The number of aromatic nitrogens is 2. The van der Waals surface area contributed by atoms with E-state index in [4.69, 9.17) is 4.98 Å². The number of hydrogen-bond acceptors (Lipinski definition) is 2. The van der Waals surface area contributed by atoms with E-state index >= 15 is 0 Å². The lowest BCUT2D eigenvalue weighted by molar-refractivity contribution is 0.276. The summed E-state index contributed by atoms with van der Waals surface area (Å²) >= 11 is 0. The minimum Gasteiger partial charge on any atom is -0.325 e. The second kappa shape index (κ2) is 5.21. The second-order valence-corrected chi connectivity index (χ2v) is 6.30. The van der Waals surface area contributed by atoms with Crippen molar-refractivity contribution in [1.82, 2.24) is 14.9 Å². The van der Waals surface area contributed by atoms with Gasteiger partial charge in [0.2, 0.25) is 0 Å². The molecular formula is C17H25N3. The van der Waals surface area contributed by atoms with Crippen LogP contribution < -0.4 is 5.32 Å². The molecule has 1 atom stereocenters. The summed E-state index contributed by atoms with van der Waals surface area (Å²) in [4.78, 5) is 5.02. The molecule has 3 rings (SSSR count). The molecule has 0 spiro atoms. The molecule has 1 fully saturated rings. The largest absolute Gasteiger partial charge is 0.325 e. The minimum absolute atomic E-state index is 0.196. The van der Waals surface area contributed by atoms with Crippen LogP contribution in [0.3, 0.4) is 0 Å². The van der Waals surface area contributed by atoms with Crippen LogP contribution >= 0.6 is 0 Å². The Morgan fingerprint density at radius 2 is 2.15 bits per heavy atom. The molecule has 3 heteroatoms. The summed E-state index contributed by atoms with van der Waals surface area (Å²) < 4.78 is 2.45. The maximum atomic E-state index is 5.02. The van der Waals surface area contributed by atoms with E-state index in [1.165, 1.54) is 24.2 Å². The molecule has 20 heavy (non-hydrogen) atoms. The maximum absolute atomic E-state index is 5.02. The molecule has 1 N–H and O–H groups in total. The molecule has 0 aliphatic carbocycles. The summed E-state index contributed by atoms with van der Waals surface area (Å²) in [7, 11) is 0. The van der Waals surface area contributed by atoms with Gasteiger partial charge in [-0.25, -0.2) is 4.98 Å². The predicted octanol–water partition coefficient (Wildman–Crippen LogP) is 3.65. The van der Waals surface area contributed by atoms with Gasteiger partial charge in [0, 0.05) is 18.0 Å². The minimum atomic E-state index is 0.196. The van der Waals surface area contributed by atoms with E-state index in [1.54, 1.807) is 0 Å². The molecule has 3 nitrogen and oxygen atoms in total. The van der Waals surface area contributed by atoms with Gasteiger partial charge in [0.05, 0.1) is 11.0 Å². The van der Waals surface area contributed by atoms with Crippen LogP contribution in [0.2, 0.25) is 0 Å². The third-order valence-electron chi connectivity index (χ3n) is 4.74. The molecule has 1 saturated heterocycles. The first-order chi connectivity index (χ1) is 9.68. The van der Waals surface area contributed by atoms with Crippen LogP contribution in [0.1, 0.15) is 51.9 Å². The molecule has 1 aromatic carbocycles. The van der Waals surface area contributed by atoms with Crippen molar-refractivity contribution in [1.29, 1.82) is 0 Å². The molecule has 0 radical (unpaired) electrons. The fourth-order valence-corrected chi connectivity index (χ4v) is 3.56. The van der Waals surface area contributed by atoms with Gasteiger partial charge >= 0.3 is 0 Å². The van der Waals surface area contributed by atoms with Crippen molar-refractivity contribution in [3.63, 3.8) is 0 Å². The highest BCUT2D eigenvalue weighted by Crippen LogP contribution is 2.37. The summed E-state index contributed by atoms with van der Waals surface area (Å²) in [6, 6.07) is 8.98. The molecule has 0 amide bonds. The van der Waals surface area contributed by atoms with Crippen molar-refractivity contribution in [3.05, 3.63) is 30.1 Å². The first-order valence-electron chi connectivity index (χ1n) is 7.86. The average molecular weight is 271 g/mol. The van der Waals surface area contributed by atoms with Crippen LogP contribution in [0, 0.1) is 0 Å². The monoisotopic (exact) mass is 271 g/mol. The normalized spacial score (nSPS) is 23.6. The van der Waals surface area contributed by atoms with Crippen molar-refractivity contribution in [2.24, 2.45) is 0 Å². The number of nitrogens with one attached hydrogen (secondary N) is 1. The molecule has 0 bridgehead atoms. The van der Waals surface area contributed by atoms with Crippen molar-refractivity contribution >= 4 is 11.0 Å². The SMILES string of the molecule is CCC1(c2nc3ccccc3n2C(C)C)CCCNC1. The Balaban J connectivity index is 2.21. The van der Waals surface area contributed by atoms with Crippen LogP contribution in [0.15, 0.2) is 24.3 Å². The van der Waals surface area contributed by atoms with E-state index in [1.807, 2.05) is 0 Å². The average Bonchev–Trinajstić information content (AvgIpc) is 2.88. The van der Waals surface area contributed by atoms with E-state index < -0.39 is 0 Å². The standard InChI is InChI=1S/C17H25N3/c1-4-17(10-7-11-18-12-17)16-19-14-8-5-6-9-15(14)20(16)13(2)3/h5-6,8-9,13,18H,4,7,10-12H2,1-3H3. The van der Waals surface area contributed by atoms with Crippen LogP contribution in [0.25, 0.3) is 11.0 Å². The Labute approximate surface area is 121 Å². The predicted molar refractivity (Wildman–Crippen MR) is 84.2 cm³/mol. The summed E-state index contributed by atoms with van der Waals surface area (Å²) in [6.07, 6.45) is 3.64. The lowest BCUT2D eigenvalue weighted by atomic mass is 9.77. The number of fused-ring (bicyclic) bond motifs is 1. The Kier molecular flexibility index (Phi) is 3.55. The van der Waals surface area contributed by atoms with Crippen molar-refractivity contribution < 1.29 is 0 Å². The number of piperidine rings is 1. The highest BCUT2D eigenvalue weighted by molar-refractivity contribution is 5.76. The number of benzene rings is 1. The zero-order chi connectivity index (χ0) is 14.2. The van der Waals surface area contributed by atoms with Crippen LogP contribution in [0.5, 0.6) is 0 Å². The van der Waals surface area contributed by atoms with Gasteiger partial charge in [-0.1, -0.05) is 19.1 Å². The number of para-hydroxylation sites is 2. The first-order valence-corrected chi connectivity index (χ1v) is 7.86. The van der Waals surface area contributed by atoms with Gasteiger partial charge in [-0.05, 0) is 51.8 Å². The number of nitrogens with zero attached hydrogens (tertiary/aromatic N) is 2. The smallest absolute Gasteiger partial charge is 0.117 e. The highest BCUT2D eigenvalue weighted by Gasteiger charge is 2.37. The van der Waals surface area contributed by atoms with E-state index in [-0.39, 0.29) is 5.41 Å². The van der Waals surface area contributed by atoms with Gasteiger partial charge in [0.15, 0.2) is 0 Å². The van der Waals surface area contributed by atoms with E-state index in [2.05, 4.69) is 54.9 Å². The van der Waals surface area contributed by atoms with Gasteiger partial charge in [0.1, 0.15) is 5.82 Å². The van der Waals surface area contributed by atoms with E-state index in [9.17, 15) is 0 Å². The summed E-state index contributed by atoms with van der Waals surface area (Å²) in [5.74, 6) is 1.28. The van der Waals surface area contributed by atoms with Gasteiger partial charge in [-0.3, -0.25) is 0 Å². The lowest BCUT2D eigenvalue weighted by Gasteiger charge is -2.37. The highest BCUT2D eigenvalue weighted by atomic mass is 15.1. The number of rotatable bonds is 3. The van der Waals surface area contributed by atoms with Crippen LogP contribution in [-0.2, 0) is 5.41 Å². The zero-order valence-electron chi connectivity index (χ0n) is 12.8. The Hall–Kier alpha value is -1.35. The van der Waals surface area contributed by atoms with Gasteiger partial charge < -0.3 is 9.88 Å². The van der Waals surface area contributed by atoms with Crippen LogP contribution in [-0.4, -0.2) is 22.6 Å². The summed E-state index contributed by atoms with van der Waals surface area (Å²) in [5, 5.41) is 3.58. The third-order valence-corrected chi connectivity index (χ3v) is 4.74. The van der Waals surface area contributed by atoms with Crippen molar-refractivity contribution in [3.8, 4) is 0 Å². The van der Waals surface area contributed by atoms with Crippen molar-refractivity contribution in [2.75, 3.05) is 13.1 Å². The molecule has 108 valence electrons. The van der Waals surface area contributed by atoms with Crippen molar-refractivity contribution in [2.45, 2.75) is 51.5 Å². The fourth-order valence-electron chi connectivity index (χ4n) is 3.56. The second-order valence-electron chi connectivity index (χ2n) is 6.30. The summed E-state index contributed by atoms with van der Waals surface area (Å²) in [6.45, 7) is 9.02. The summed E-state index contributed by atoms with van der Waals surface area (Å²) in [5.41, 5.74) is 2.60. The maximum Gasteiger partial charge on any atom is 0.117 e. The molecule has 0 saturated carbocycles. The quantitative estimate of drug-likeness (QED) is 0.923.